The summed E-state index contributed by atoms with van der Waals surface area (Å²) in [5.74, 6) is 0.938. The average Bonchev–Trinajstić information content (AvgIpc) is 2.79. The summed E-state index contributed by atoms with van der Waals surface area (Å²) in [6, 6.07) is 0. The fraction of sp³-hybridized carbons (Fsp3) is 0.944. The molecule has 24 heavy (non-hydrogen) atoms. The third-order valence-corrected chi connectivity index (χ3v) is 4.01. The van der Waals surface area contributed by atoms with E-state index in [4.69, 9.17) is 4.74 Å². The van der Waals surface area contributed by atoms with Crippen LogP contribution in [-0.2, 0) is 4.74 Å². The smallest absolute Gasteiger partial charge is 0.191 e. The molecule has 0 saturated carbocycles. The predicted molar refractivity (Wildman–Crippen MR) is 115 cm³/mol. The lowest BCUT2D eigenvalue weighted by atomic mass is 10.2. The summed E-state index contributed by atoms with van der Waals surface area (Å²) in [6.45, 7) is 13.5. The highest BCUT2D eigenvalue weighted by Gasteiger charge is 2.08. The summed E-state index contributed by atoms with van der Waals surface area (Å²) < 4.78 is 5.54. The summed E-state index contributed by atoms with van der Waals surface area (Å²) in [5.41, 5.74) is 0. The molecule has 1 fully saturated rings. The minimum Gasteiger partial charge on any atom is -0.379 e. The molecule has 0 spiro atoms. The Hall–Kier alpha value is -0.0800. The molecule has 1 rings (SSSR count). The summed E-state index contributed by atoms with van der Waals surface area (Å²) in [6.07, 6.45) is 8.03. The van der Waals surface area contributed by atoms with Gasteiger partial charge in [0.1, 0.15) is 0 Å². The number of rotatable bonds is 10. The van der Waals surface area contributed by atoms with Gasteiger partial charge in [-0.2, -0.15) is 0 Å². The zero-order chi connectivity index (χ0) is 16.8. The van der Waals surface area contributed by atoms with E-state index in [1.165, 1.54) is 51.7 Å². The van der Waals surface area contributed by atoms with Gasteiger partial charge in [-0.05, 0) is 66.1 Å². The Bertz CT molecular complexity index is 305. The van der Waals surface area contributed by atoms with E-state index >= 15 is 0 Å². The lowest BCUT2D eigenvalue weighted by Crippen LogP contribution is -2.39. The first-order chi connectivity index (χ1) is 11.2. The number of halogens is 1. The van der Waals surface area contributed by atoms with Crippen LogP contribution in [0.25, 0.3) is 0 Å². The number of likely N-dealkylation sites (tertiary alicyclic amines) is 1. The van der Waals surface area contributed by atoms with Crippen LogP contribution in [0.4, 0.5) is 0 Å². The molecule has 144 valence electrons. The maximum atomic E-state index is 5.54. The molecule has 0 atom stereocenters. The van der Waals surface area contributed by atoms with Gasteiger partial charge in [0.15, 0.2) is 5.96 Å². The highest BCUT2D eigenvalue weighted by molar-refractivity contribution is 14.0. The van der Waals surface area contributed by atoms with E-state index in [0.717, 1.165) is 38.6 Å². The van der Waals surface area contributed by atoms with E-state index in [9.17, 15) is 0 Å². The van der Waals surface area contributed by atoms with Crippen molar-refractivity contribution in [2.24, 2.45) is 4.99 Å². The molecule has 0 aliphatic carbocycles. The van der Waals surface area contributed by atoms with Crippen molar-refractivity contribution >= 4 is 29.9 Å². The van der Waals surface area contributed by atoms with E-state index < -0.39 is 0 Å². The van der Waals surface area contributed by atoms with Crippen LogP contribution < -0.4 is 10.6 Å². The summed E-state index contributed by atoms with van der Waals surface area (Å²) in [7, 11) is 0. The topological polar surface area (TPSA) is 48.9 Å². The Balaban J connectivity index is 0.00000529. The molecular weight excluding hydrogens is 415 g/mol. The fourth-order valence-electron chi connectivity index (χ4n) is 2.79. The second kappa shape index (κ2) is 16.4. The van der Waals surface area contributed by atoms with Gasteiger partial charge in [0, 0.05) is 26.2 Å². The SMILES string of the molecule is CCNC(=NCCCOC(C)C)NCCCN1CCCCCC1.I. The first-order valence-electron chi connectivity index (χ1n) is 9.58. The third kappa shape index (κ3) is 13.2. The van der Waals surface area contributed by atoms with Crippen LogP contribution in [0.15, 0.2) is 4.99 Å². The first-order valence-corrected chi connectivity index (χ1v) is 9.58. The minimum atomic E-state index is 0. The molecule has 1 aliphatic rings. The molecule has 0 aromatic heterocycles. The van der Waals surface area contributed by atoms with Crippen LogP contribution >= 0.6 is 24.0 Å². The summed E-state index contributed by atoms with van der Waals surface area (Å²) in [5, 5.41) is 6.76. The molecule has 0 aromatic carbocycles. The van der Waals surface area contributed by atoms with Crippen LogP contribution in [0.3, 0.4) is 0 Å². The van der Waals surface area contributed by atoms with Crippen LogP contribution in [0.2, 0.25) is 0 Å². The van der Waals surface area contributed by atoms with Crippen molar-refractivity contribution in [3.05, 3.63) is 0 Å². The van der Waals surface area contributed by atoms with Gasteiger partial charge in [-0.15, -0.1) is 24.0 Å². The number of hydrogen-bond donors (Lipinski definition) is 2. The van der Waals surface area contributed by atoms with Crippen molar-refractivity contribution in [2.45, 2.75) is 65.4 Å². The van der Waals surface area contributed by atoms with Gasteiger partial charge in [0.05, 0.1) is 6.10 Å². The molecule has 0 radical (unpaired) electrons. The zero-order valence-electron chi connectivity index (χ0n) is 16.0. The Morgan fingerprint density at radius 2 is 1.79 bits per heavy atom. The Morgan fingerprint density at radius 3 is 2.42 bits per heavy atom. The normalized spacial score (nSPS) is 16.6. The number of nitrogens with one attached hydrogen (secondary N) is 2. The predicted octanol–water partition coefficient (Wildman–Crippen LogP) is 3.24. The van der Waals surface area contributed by atoms with Gasteiger partial charge in [-0.1, -0.05) is 12.8 Å². The monoisotopic (exact) mass is 454 g/mol. The molecular formula is C18H39IN4O. The van der Waals surface area contributed by atoms with E-state index in [1.807, 2.05) is 0 Å². The van der Waals surface area contributed by atoms with Crippen molar-refractivity contribution in [1.82, 2.24) is 15.5 Å². The van der Waals surface area contributed by atoms with Crippen LogP contribution in [0.5, 0.6) is 0 Å². The summed E-state index contributed by atoms with van der Waals surface area (Å²) >= 11 is 0. The van der Waals surface area contributed by atoms with Crippen molar-refractivity contribution in [2.75, 3.05) is 45.9 Å². The number of aliphatic imine (C=N–C) groups is 1. The van der Waals surface area contributed by atoms with Gasteiger partial charge in [-0.25, -0.2) is 0 Å². The lowest BCUT2D eigenvalue weighted by molar-refractivity contribution is 0.0782. The van der Waals surface area contributed by atoms with Crippen LogP contribution in [-0.4, -0.2) is 62.8 Å². The second-order valence-corrected chi connectivity index (χ2v) is 6.57. The summed E-state index contributed by atoms with van der Waals surface area (Å²) in [4.78, 5) is 7.22. The van der Waals surface area contributed by atoms with E-state index in [0.29, 0.717) is 6.10 Å². The maximum Gasteiger partial charge on any atom is 0.191 e. The number of nitrogens with zero attached hydrogens (tertiary/aromatic N) is 2. The van der Waals surface area contributed by atoms with E-state index in [1.54, 1.807) is 0 Å². The van der Waals surface area contributed by atoms with Gasteiger partial charge >= 0.3 is 0 Å². The van der Waals surface area contributed by atoms with E-state index in [-0.39, 0.29) is 24.0 Å². The largest absolute Gasteiger partial charge is 0.379 e. The highest BCUT2D eigenvalue weighted by Crippen LogP contribution is 2.09. The van der Waals surface area contributed by atoms with Crippen molar-refractivity contribution < 1.29 is 4.74 Å². The zero-order valence-corrected chi connectivity index (χ0v) is 18.3. The van der Waals surface area contributed by atoms with Gasteiger partial charge in [0.25, 0.3) is 0 Å². The van der Waals surface area contributed by atoms with Gasteiger partial charge < -0.3 is 20.3 Å². The molecule has 6 heteroatoms. The standard InChI is InChI=1S/C18H38N4O.HI/c1-4-19-18(21-12-10-16-23-17(2)3)20-11-9-15-22-13-7-5-6-8-14-22;/h17H,4-16H2,1-3H3,(H2,19,20,21);1H. The van der Waals surface area contributed by atoms with Crippen LogP contribution in [0, 0.1) is 0 Å². The minimum absolute atomic E-state index is 0. The first kappa shape index (κ1) is 23.9. The highest BCUT2D eigenvalue weighted by atomic mass is 127. The lowest BCUT2D eigenvalue weighted by Gasteiger charge is -2.20. The third-order valence-electron chi connectivity index (χ3n) is 4.01. The molecule has 0 amide bonds. The fourth-order valence-corrected chi connectivity index (χ4v) is 2.79. The number of guanidine groups is 1. The molecule has 0 unspecified atom stereocenters. The Morgan fingerprint density at radius 1 is 1.08 bits per heavy atom. The Kier molecular flexibility index (Phi) is 16.3. The Labute approximate surface area is 166 Å². The van der Waals surface area contributed by atoms with Crippen molar-refractivity contribution in [1.29, 1.82) is 0 Å². The van der Waals surface area contributed by atoms with Crippen molar-refractivity contribution in [3.63, 3.8) is 0 Å². The number of hydrogen-bond acceptors (Lipinski definition) is 3. The average molecular weight is 454 g/mol. The number of ether oxygens (including phenoxy) is 1. The molecule has 0 aromatic rings. The van der Waals surface area contributed by atoms with Crippen LogP contribution in [0.1, 0.15) is 59.3 Å². The van der Waals surface area contributed by atoms with Crippen molar-refractivity contribution in [3.8, 4) is 0 Å². The molecule has 1 saturated heterocycles. The molecule has 5 nitrogen and oxygen atoms in total. The second-order valence-electron chi connectivity index (χ2n) is 6.57. The molecule has 0 bridgehead atoms. The van der Waals surface area contributed by atoms with Gasteiger partial charge in [-0.3, -0.25) is 4.99 Å². The molecule has 2 N–H and O–H groups in total. The van der Waals surface area contributed by atoms with E-state index in [2.05, 4.69) is 41.3 Å². The molecule has 1 aliphatic heterocycles. The quantitative estimate of drug-likeness (QED) is 0.230. The maximum absolute atomic E-state index is 5.54. The van der Waals surface area contributed by atoms with Gasteiger partial charge in [0.2, 0.25) is 0 Å². The molecule has 1 heterocycles.